The molecule has 0 aromatic rings. The van der Waals surface area contributed by atoms with Gasteiger partial charge in [0.2, 0.25) is 5.91 Å². The van der Waals surface area contributed by atoms with Crippen LogP contribution in [0, 0.1) is 0 Å². The Bertz CT molecular complexity index is 199. The normalized spacial score (nSPS) is 9.93. The molecule has 0 fully saturated rings. The predicted molar refractivity (Wildman–Crippen MR) is 56.1 cm³/mol. The third kappa shape index (κ3) is 11.3. The van der Waals surface area contributed by atoms with E-state index in [1.54, 1.807) is 0 Å². The SMILES string of the molecule is O=C(O)COCCOCCNC(=O)CBr. The maximum Gasteiger partial charge on any atom is 0.329 e. The lowest BCUT2D eigenvalue weighted by Gasteiger charge is -2.05. The summed E-state index contributed by atoms with van der Waals surface area (Å²) in [6.07, 6.45) is 0. The second-order valence-corrected chi connectivity index (χ2v) is 3.10. The number of carboxylic acid groups (broad SMARTS) is 1. The molecule has 0 unspecified atom stereocenters. The van der Waals surface area contributed by atoms with Crippen molar-refractivity contribution in [2.24, 2.45) is 0 Å². The van der Waals surface area contributed by atoms with E-state index >= 15 is 0 Å². The lowest BCUT2D eigenvalue weighted by Crippen LogP contribution is -2.28. The minimum absolute atomic E-state index is 0.0965. The molecule has 0 aromatic carbocycles. The number of amides is 1. The molecule has 0 rings (SSSR count). The molecule has 0 aromatic heterocycles. The topological polar surface area (TPSA) is 84.9 Å². The van der Waals surface area contributed by atoms with E-state index in [1.807, 2.05) is 0 Å². The van der Waals surface area contributed by atoms with Crippen LogP contribution in [0.1, 0.15) is 0 Å². The van der Waals surface area contributed by atoms with Crippen molar-refractivity contribution in [2.45, 2.75) is 0 Å². The van der Waals surface area contributed by atoms with E-state index in [4.69, 9.17) is 14.6 Å². The molecule has 0 spiro atoms. The van der Waals surface area contributed by atoms with Crippen molar-refractivity contribution >= 4 is 27.8 Å². The molecular weight excluding hydrogens is 270 g/mol. The zero-order valence-electron chi connectivity index (χ0n) is 8.20. The Morgan fingerprint density at radius 1 is 1.20 bits per heavy atom. The highest BCUT2D eigenvalue weighted by Crippen LogP contribution is 1.80. The smallest absolute Gasteiger partial charge is 0.329 e. The Morgan fingerprint density at radius 3 is 2.47 bits per heavy atom. The van der Waals surface area contributed by atoms with Gasteiger partial charge in [0.05, 0.1) is 25.2 Å². The zero-order chi connectivity index (χ0) is 11.5. The lowest BCUT2D eigenvalue weighted by molar-refractivity contribution is -0.142. The van der Waals surface area contributed by atoms with Crippen LogP contribution in [0.5, 0.6) is 0 Å². The summed E-state index contributed by atoms with van der Waals surface area (Å²) < 4.78 is 9.79. The van der Waals surface area contributed by atoms with Crippen molar-refractivity contribution in [2.75, 3.05) is 38.3 Å². The molecule has 0 atom stereocenters. The van der Waals surface area contributed by atoms with Gasteiger partial charge in [-0.25, -0.2) is 4.79 Å². The Balaban J connectivity index is 3.05. The molecular formula is C8H14BrNO5. The molecule has 0 saturated carbocycles. The molecule has 0 aliphatic rings. The van der Waals surface area contributed by atoms with E-state index in [0.29, 0.717) is 19.8 Å². The van der Waals surface area contributed by atoms with E-state index in [0.717, 1.165) is 0 Å². The molecule has 2 N–H and O–H groups in total. The van der Waals surface area contributed by atoms with Crippen LogP contribution in [-0.4, -0.2) is 55.3 Å². The molecule has 0 bridgehead atoms. The van der Waals surface area contributed by atoms with Gasteiger partial charge in [0.15, 0.2) is 0 Å². The van der Waals surface area contributed by atoms with Gasteiger partial charge in [-0.1, -0.05) is 15.9 Å². The summed E-state index contributed by atoms with van der Waals surface area (Å²) in [7, 11) is 0. The minimum Gasteiger partial charge on any atom is -0.480 e. The molecule has 0 heterocycles. The molecule has 7 heteroatoms. The monoisotopic (exact) mass is 283 g/mol. The molecule has 0 saturated heterocycles. The maximum absolute atomic E-state index is 10.7. The first kappa shape index (κ1) is 14.3. The number of carboxylic acids is 1. The number of rotatable bonds is 9. The predicted octanol–water partition coefficient (Wildman–Crippen LogP) is -0.385. The van der Waals surface area contributed by atoms with E-state index in [9.17, 15) is 9.59 Å². The summed E-state index contributed by atoms with van der Waals surface area (Å²) in [6.45, 7) is 1.05. The van der Waals surface area contributed by atoms with Gasteiger partial charge in [-0.2, -0.15) is 0 Å². The summed E-state index contributed by atoms with van der Waals surface area (Å²) in [5, 5.41) is 11.1. The van der Waals surface area contributed by atoms with Gasteiger partial charge in [0.1, 0.15) is 6.61 Å². The lowest BCUT2D eigenvalue weighted by atomic mass is 10.6. The van der Waals surface area contributed by atoms with Crippen molar-refractivity contribution in [3.63, 3.8) is 0 Å². The van der Waals surface area contributed by atoms with E-state index < -0.39 is 5.97 Å². The third-order valence-corrected chi connectivity index (χ3v) is 1.80. The number of hydrogen-bond acceptors (Lipinski definition) is 4. The molecule has 0 aliphatic carbocycles. The first-order valence-electron chi connectivity index (χ1n) is 4.36. The number of aliphatic carboxylic acids is 1. The van der Waals surface area contributed by atoms with Crippen LogP contribution in [0.15, 0.2) is 0 Å². The van der Waals surface area contributed by atoms with Crippen LogP contribution in [0.25, 0.3) is 0 Å². The fourth-order valence-corrected chi connectivity index (χ4v) is 0.888. The Hall–Kier alpha value is -0.660. The van der Waals surface area contributed by atoms with E-state index in [-0.39, 0.29) is 24.5 Å². The molecule has 0 radical (unpaired) electrons. The van der Waals surface area contributed by atoms with Gasteiger partial charge < -0.3 is 19.9 Å². The summed E-state index contributed by atoms with van der Waals surface area (Å²) in [4.78, 5) is 20.7. The molecule has 15 heavy (non-hydrogen) atoms. The van der Waals surface area contributed by atoms with Crippen LogP contribution >= 0.6 is 15.9 Å². The minimum atomic E-state index is -1.00. The van der Waals surface area contributed by atoms with Crippen LogP contribution in [0.4, 0.5) is 0 Å². The maximum atomic E-state index is 10.7. The first-order chi connectivity index (χ1) is 7.16. The molecule has 6 nitrogen and oxygen atoms in total. The van der Waals surface area contributed by atoms with Crippen LogP contribution < -0.4 is 5.32 Å². The van der Waals surface area contributed by atoms with E-state index in [1.165, 1.54) is 0 Å². The zero-order valence-corrected chi connectivity index (χ0v) is 9.79. The fraction of sp³-hybridized carbons (Fsp3) is 0.750. The van der Waals surface area contributed by atoms with Crippen molar-refractivity contribution in [1.29, 1.82) is 0 Å². The second-order valence-electron chi connectivity index (χ2n) is 2.54. The highest BCUT2D eigenvalue weighted by molar-refractivity contribution is 9.09. The van der Waals surface area contributed by atoms with Gasteiger partial charge in [-0.3, -0.25) is 4.79 Å². The summed E-state index contributed by atoms with van der Waals surface area (Å²) in [5.41, 5.74) is 0. The standard InChI is InChI=1S/C8H14BrNO5/c9-5-7(11)10-1-2-14-3-4-15-6-8(12)13/h1-6H2,(H,10,11)(H,12,13). The fourth-order valence-electron chi connectivity index (χ4n) is 0.689. The average molecular weight is 284 g/mol. The van der Waals surface area contributed by atoms with Crippen LogP contribution in [0.2, 0.25) is 0 Å². The van der Waals surface area contributed by atoms with Gasteiger partial charge in [0.25, 0.3) is 0 Å². The van der Waals surface area contributed by atoms with Crippen molar-refractivity contribution in [3.05, 3.63) is 0 Å². The number of nitrogens with one attached hydrogen (secondary N) is 1. The number of hydrogen-bond donors (Lipinski definition) is 2. The van der Waals surface area contributed by atoms with Crippen molar-refractivity contribution in [1.82, 2.24) is 5.32 Å². The third-order valence-electron chi connectivity index (χ3n) is 1.29. The quantitative estimate of drug-likeness (QED) is 0.445. The Kier molecular flexibility index (Phi) is 9.44. The van der Waals surface area contributed by atoms with Crippen LogP contribution in [0.3, 0.4) is 0 Å². The second kappa shape index (κ2) is 9.88. The van der Waals surface area contributed by atoms with Crippen molar-refractivity contribution < 1.29 is 24.2 Å². The molecule has 0 aliphatic heterocycles. The number of ether oxygens (including phenoxy) is 2. The first-order valence-corrected chi connectivity index (χ1v) is 5.49. The van der Waals surface area contributed by atoms with Gasteiger partial charge in [-0.05, 0) is 0 Å². The summed E-state index contributed by atoms with van der Waals surface area (Å²) >= 11 is 3.00. The molecule has 1 amide bonds. The highest BCUT2D eigenvalue weighted by atomic mass is 79.9. The largest absolute Gasteiger partial charge is 0.480 e. The highest BCUT2D eigenvalue weighted by Gasteiger charge is 1.97. The summed E-state index contributed by atoms with van der Waals surface area (Å²) in [6, 6.07) is 0. The van der Waals surface area contributed by atoms with Crippen molar-refractivity contribution in [3.8, 4) is 0 Å². The number of alkyl halides is 1. The Morgan fingerprint density at radius 2 is 1.87 bits per heavy atom. The van der Waals surface area contributed by atoms with Gasteiger partial charge in [0, 0.05) is 6.54 Å². The number of carbonyl (C=O) groups is 2. The van der Waals surface area contributed by atoms with Crippen LogP contribution in [-0.2, 0) is 19.1 Å². The average Bonchev–Trinajstić information content (AvgIpc) is 2.21. The summed E-state index contributed by atoms with van der Waals surface area (Å²) in [5.74, 6) is -1.10. The number of halogens is 1. The van der Waals surface area contributed by atoms with E-state index in [2.05, 4.69) is 21.2 Å². The Labute approximate surface area is 96.1 Å². The van der Waals surface area contributed by atoms with Gasteiger partial charge in [-0.15, -0.1) is 0 Å². The van der Waals surface area contributed by atoms with Gasteiger partial charge >= 0.3 is 5.97 Å². The molecule has 88 valence electrons. The number of carbonyl (C=O) groups excluding carboxylic acids is 1.